The van der Waals surface area contributed by atoms with Crippen LogP contribution in [-0.4, -0.2) is 4.98 Å². The minimum absolute atomic E-state index is 0.621. The highest BCUT2D eigenvalue weighted by atomic mass is 14.7. The lowest BCUT2D eigenvalue weighted by Gasteiger charge is -2.11. The van der Waals surface area contributed by atoms with Crippen LogP contribution in [0, 0.1) is 11.8 Å². The lowest BCUT2D eigenvalue weighted by molar-refractivity contribution is 0.564. The van der Waals surface area contributed by atoms with E-state index < -0.39 is 0 Å². The molecule has 0 aliphatic carbocycles. The predicted molar refractivity (Wildman–Crippen MR) is 79.6 cm³/mol. The van der Waals surface area contributed by atoms with Crippen molar-refractivity contribution in [3.63, 3.8) is 0 Å². The van der Waals surface area contributed by atoms with E-state index in [1.165, 1.54) is 11.4 Å². The van der Waals surface area contributed by atoms with E-state index in [9.17, 15) is 0 Å². The summed E-state index contributed by atoms with van der Waals surface area (Å²) in [6.07, 6.45) is 8.16. The van der Waals surface area contributed by atoms with Crippen molar-refractivity contribution in [1.29, 1.82) is 0 Å². The quantitative estimate of drug-likeness (QED) is 0.608. The molecule has 1 nitrogen and oxygen atoms in total. The molecule has 0 N–H and O–H groups in total. The van der Waals surface area contributed by atoms with Crippen LogP contribution in [0.3, 0.4) is 0 Å². The Kier molecular flexibility index (Phi) is 6.42. The topological polar surface area (TPSA) is 12.9 Å². The van der Waals surface area contributed by atoms with Gasteiger partial charge in [-0.25, -0.2) is 0 Å². The van der Waals surface area contributed by atoms with E-state index in [1.807, 2.05) is 12.2 Å². The van der Waals surface area contributed by atoms with Crippen LogP contribution < -0.4 is 0 Å². The standard InChI is InChI=1S/C17H25N/c1-5-8-14(3)12-16-10-7-11-17(18-16)13-15(4)9-6-2/h5-7,10-11,14-15H,1-2,8-9,12-13H2,3-4H3/t14-,15-/m1/s1. The maximum Gasteiger partial charge on any atom is 0.0409 e. The van der Waals surface area contributed by atoms with Gasteiger partial charge in [-0.05, 0) is 49.7 Å². The number of rotatable bonds is 8. The molecule has 0 bridgehead atoms. The first kappa shape index (κ1) is 14.7. The van der Waals surface area contributed by atoms with Gasteiger partial charge in [0, 0.05) is 11.4 Å². The summed E-state index contributed by atoms with van der Waals surface area (Å²) in [6.45, 7) is 12.1. The van der Waals surface area contributed by atoms with Gasteiger partial charge in [0.1, 0.15) is 0 Å². The monoisotopic (exact) mass is 243 g/mol. The summed E-state index contributed by atoms with van der Waals surface area (Å²) < 4.78 is 0. The van der Waals surface area contributed by atoms with Crippen LogP contribution >= 0.6 is 0 Å². The molecule has 98 valence electrons. The highest BCUT2D eigenvalue weighted by Gasteiger charge is 2.06. The zero-order valence-electron chi connectivity index (χ0n) is 11.7. The lowest BCUT2D eigenvalue weighted by Crippen LogP contribution is -2.05. The Hall–Kier alpha value is -1.37. The Labute approximate surface area is 112 Å². The minimum atomic E-state index is 0.621. The normalized spacial score (nSPS) is 13.9. The SMILES string of the molecule is C=CC[C@@H](C)Cc1cccc(C[C@H](C)CC=C)n1. The second-order valence-corrected chi connectivity index (χ2v) is 5.29. The summed E-state index contributed by atoms with van der Waals surface area (Å²) in [6, 6.07) is 6.38. The van der Waals surface area contributed by atoms with Crippen LogP contribution in [0.25, 0.3) is 0 Å². The number of pyridine rings is 1. The van der Waals surface area contributed by atoms with E-state index in [1.54, 1.807) is 0 Å². The van der Waals surface area contributed by atoms with Gasteiger partial charge in [0.25, 0.3) is 0 Å². The number of hydrogen-bond donors (Lipinski definition) is 0. The molecule has 1 aromatic heterocycles. The van der Waals surface area contributed by atoms with E-state index in [2.05, 4.69) is 45.2 Å². The molecule has 2 atom stereocenters. The predicted octanol–water partition coefficient (Wildman–Crippen LogP) is 4.59. The number of nitrogens with zero attached hydrogens (tertiary/aromatic N) is 1. The molecule has 0 aliphatic rings. The van der Waals surface area contributed by atoms with E-state index in [0.717, 1.165) is 25.7 Å². The average molecular weight is 243 g/mol. The Balaban J connectivity index is 2.61. The maximum atomic E-state index is 4.75. The second-order valence-electron chi connectivity index (χ2n) is 5.29. The number of allylic oxidation sites excluding steroid dienone is 2. The summed E-state index contributed by atoms with van der Waals surface area (Å²) >= 11 is 0. The van der Waals surface area contributed by atoms with Gasteiger partial charge in [-0.3, -0.25) is 4.98 Å². The first-order valence-corrected chi connectivity index (χ1v) is 6.82. The van der Waals surface area contributed by atoms with E-state index >= 15 is 0 Å². The van der Waals surface area contributed by atoms with Crippen LogP contribution in [-0.2, 0) is 12.8 Å². The molecule has 0 fully saturated rings. The van der Waals surface area contributed by atoms with E-state index in [4.69, 9.17) is 4.98 Å². The third-order valence-corrected chi connectivity index (χ3v) is 3.12. The Morgan fingerprint density at radius 3 is 1.83 bits per heavy atom. The largest absolute Gasteiger partial charge is 0.258 e. The first-order valence-electron chi connectivity index (χ1n) is 6.82. The molecule has 0 saturated carbocycles. The van der Waals surface area contributed by atoms with Crippen LogP contribution in [0.2, 0.25) is 0 Å². The molecule has 18 heavy (non-hydrogen) atoms. The summed E-state index contributed by atoms with van der Waals surface area (Å²) in [5, 5.41) is 0. The molecule has 0 aliphatic heterocycles. The Morgan fingerprint density at radius 1 is 1.00 bits per heavy atom. The second kappa shape index (κ2) is 7.86. The summed E-state index contributed by atoms with van der Waals surface area (Å²) in [5.41, 5.74) is 2.40. The van der Waals surface area contributed by atoms with Crippen LogP contribution in [0.5, 0.6) is 0 Å². The third kappa shape index (κ3) is 5.31. The van der Waals surface area contributed by atoms with Crippen LogP contribution in [0.1, 0.15) is 38.1 Å². The molecular formula is C17H25N. The molecule has 1 heteroatoms. The molecule has 0 saturated heterocycles. The molecule has 0 unspecified atom stereocenters. The van der Waals surface area contributed by atoms with Gasteiger partial charge in [0.15, 0.2) is 0 Å². The van der Waals surface area contributed by atoms with Crippen molar-refractivity contribution in [1.82, 2.24) is 4.98 Å². The average Bonchev–Trinajstić information content (AvgIpc) is 2.29. The van der Waals surface area contributed by atoms with Gasteiger partial charge in [0.05, 0.1) is 0 Å². The van der Waals surface area contributed by atoms with E-state index in [0.29, 0.717) is 11.8 Å². The molecule has 1 heterocycles. The molecule has 0 amide bonds. The van der Waals surface area contributed by atoms with Crippen LogP contribution in [0.15, 0.2) is 43.5 Å². The molecule has 0 spiro atoms. The van der Waals surface area contributed by atoms with Crippen molar-refractivity contribution in [2.75, 3.05) is 0 Å². The van der Waals surface area contributed by atoms with Crippen molar-refractivity contribution in [2.24, 2.45) is 11.8 Å². The Morgan fingerprint density at radius 2 is 1.44 bits per heavy atom. The van der Waals surface area contributed by atoms with Crippen molar-refractivity contribution in [3.05, 3.63) is 54.9 Å². The smallest absolute Gasteiger partial charge is 0.0409 e. The van der Waals surface area contributed by atoms with Gasteiger partial charge in [-0.2, -0.15) is 0 Å². The fraction of sp³-hybridized carbons (Fsp3) is 0.471. The highest BCUT2D eigenvalue weighted by molar-refractivity contribution is 5.12. The van der Waals surface area contributed by atoms with Crippen molar-refractivity contribution < 1.29 is 0 Å². The Bertz CT molecular complexity index is 348. The summed E-state index contributed by atoms with van der Waals surface area (Å²) in [5.74, 6) is 1.24. The fourth-order valence-electron chi connectivity index (χ4n) is 2.21. The zero-order chi connectivity index (χ0) is 13.4. The van der Waals surface area contributed by atoms with E-state index in [-0.39, 0.29) is 0 Å². The minimum Gasteiger partial charge on any atom is -0.258 e. The highest BCUT2D eigenvalue weighted by Crippen LogP contribution is 2.14. The molecule has 1 rings (SSSR count). The van der Waals surface area contributed by atoms with Gasteiger partial charge in [-0.1, -0.05) is 32.1 Å². The summed E-state index contributed by atoms with van der Waals surface area (Å²) in [7, 11) is 0. The fourth-order valence-corrected chi connectivity index (χ4v) is 2.21. The lowest BCUT2D eigenvalue weighted by atomic mass is 9.99. The van der Waals surface area contributed by atoms with Crippen molar-refractivity contribution in [3.8, 4) is 0 Å². The van der Waals surface area contributed by atoms with Crippen molar-refractivity contribution in [2.45, 2.75) is 39.5 Å². The first-order chi connectivity index (χ1) is 8.65. The summed E-state index contributed by atoms with van der Waals surface area (Å²) in [4.78, 5) is 4.75. The number of aromatic nitrogens is 1. The maximum absolute atomic E-state index is 4.75. The van der Waals surface area contributed by atoms with Crippen LogP contribution in [0.4, 0.5) is 0 Å². The molecule has 0 aromatic carbocycles. The third-order valence-electron chi connectivity index (χ3n) is 3.12. The number of hydrogen-bond acceptors (Lipinski definition) is 1. The van der Waals surface area contributed by atoms with Gasteiger partial charge >= 0.3 is 0 Å². The van der Waals surface area contributed by atoms with Crippen molar-refractivity contribution >= 4 is 0 Å². The molecular weight excluding hydrogens is 218 g/mol. The molecule has 1 aromatic rings. The molecule has 0 radical (unpaired) electrons. The van der Waals surface area contributed by atoms with Gasteiger partial charge in [0.2, 0.25) is 0 Å². The zero-order valence-corrected chi connectivity index (χ0v) is 11.7. The van der Waals surface area contributed by atoms with Gasteiger partial charge in [-0.15, -0.1) is 13.2 Å². The van der Waals surface area contributed by atoms with Gasteiger partial charge < -0.3 is 0 Å².